The van der Waals surface area contributed by atoms with Gasteiger partial charge in [0.05, 0.1) is 25.3 Å². The van der Waals surface area contributed by atoms with Crippen LogP contribution in [0.15, 0.2) is 17.4 Å². The van der Waals surface area contributed by atoms with Gasteiger partial charge in [-0.3, -0.25) is 9.67 Å². The molecule has 1 rings (SSSR count). The fraction of sp³-hybridized carbons (Fsp3) is 0.571. The van der Waals surface area contributed by atoms with Crippen LogP contribution in [0.1, 0.15) is 18.5 Å². The molecular weight excluding hydrogens is 379 g/mol. The van der Waals surface area contributed by atoms with Gasteiger partial charge in [0.1, 0.15) is 0 Å². The van der Waals surface area contributed by atoms with Gasteiger partial charge < -0.3 is 15.5 Å². The Balaban J connectivity index is 0.00000400. The molecule has 0 fully saturated rings. The van der Waals surface area contributed by atoms with Gasteiger partial charge in [-0.1, -0.05) is 5.92 Å². The number of rotatable bonds is 6. The van der Waals surface area contributed by atoms with Crippen LogP contribution in [0.2, 0.25) is 0 Å². The molecule has 21 heavy (non-hydrogen) atoms. The van der Waals surface area contributed by atoms with Gasteiger partial charge in [0.25, 0.3) is 0 Å². The van der Waals surface area contributed by atoms with Crippen molar-refractivity contribution in [3.63, 3.8) is 0 Å². The van der Waals surface area contributed by atoms with Crippen molar-refractivity contribution in [1.82, 2.24) is 25.3 Å². The lowest BCUT2D eigenvalue weighted by atomic mass is 10.1. The third-order valence-corrected chi connectivity index (χ3v) is 2.86. The van der Waals surface area contributed by atoms with Crippen LogP contribution in [0.3, 0.4) is 0 Å². The van der Waals surface area contributed by atoms with Gasteiger partial charge in [-0.25, -0.2) is 0 Å². The Labute approximate surface area is 144 Å². The summed E-state index contributed by atoms with van der Waals surface area (Å²) in [4.78, 5) is 6.71. The number of aliphatic imine (C=N–C) groups is 1. The predicted molar refractivity (Wildman–Crippen MR) is 97.9 cm³/mol. The number of hydrogen-bond acceptors (Lipinski definition) is 3. The second-order valence-corrected chi connectivity index (χ2v) is 4.70. The monoisotopic (exact) mass is 404 g/mol. The Morgan fingerprint density at radius 2 is 2.24 bits per heavy atom. The largest absolute Gasteiger partial charge is 0.357 e. The van der Waals surface area contributed by atoms with Crippen molar-refractivity contribution >= 4 is 29.9 Å². The summed E-state index contributed by atoms with van der Waals surface area (Å²) >= 11 is 0. The van der Waals surface area contributed by atoms with Crippen LogP contribution in [0.25, 0.3) is 0 Å². The van der Waals surface area contributed by atoms with E-state index in [1.807, 2.05) is 40.5 Å². The van der Waals surface area contributed by atoms with Crippen LogP contribution in [0.4, 0.5) is 0 Å². The average molecular weight is 404 g/mol. The van der Waals surface area contributed by atoms with Gasteiger partial charge in [0, 0.05) is 25.4 Å². The number of nitrogens with one attached hydrogen (secondary N) is 2. The highest BCUT2D eigenvalue weighted by molar-refractivity contribution is 14.0. The maximum atomic E-state index is 5.26. The quantitative estimate of drug-likeness (QED) is 0.319. The SMILES string of the molecule is C#CCNC(=NCC(c1cnn(C)c1)N(C)C)NCC.I. The van der Waals surface area contributed by atoms with Crippen LogP contribution in [-0.4, -0.2) is 54.4 Å². The van der Waals surface area contributed by atoms with Crippen molar-refractivity contribution in [2.24, 2.45) is 12.0 Å². The van der Waals surface area contributed by atoms with Crippen LogP contribution in [0, 0.1) is 12.3 Å². The summed E-state index contributed by atoms with van der Waals surface area (Å²) in [5.74, 6) is 3.28. The van der Waals surface area contributed by atoms with E-state index in [0.717, 1.165) is 18.1 Å². The maximum Gasteiger partial charge on any atom is 0.192 e. The number of hydrogen-bond donors (Lipinski definition) is 2. The second-order valence-electron chi connectivity index (χ2n) is 4.70. The molecule has 7 heteroatoms. The summed E-state index contributed by atoms with van der Waals surface area (Å²) < 4.78 is 1.80. The molecule has 0 bridgehead atoms. The Morgan fingerprint density at radius 3 is 2.71 bits per heavy atom. The number of likely N-dealkylation sites (N-methyl/N-ethyl adjacent to an activating group) is 1. The first kappa shape index (κ1) is 19.7. The fourth-order valence-electron chi connectivity index (χ4n) is 1.83. The molecule has 6 nitrogen and oxygen atoms in total. The lowest BCUT2D eigenvalue weighted by Crippen LogP contribution is -2.38. The summed E-state index contributed by atoms with van der Waals surface area (Å²) in [7, 11) is 5.99. The van der Waals surface area contributed by atoms with Gasteiger partial charge in [-0.15, -0.1) is 30.4 Å². The van der Waals surface area contributed by atoms with Crippen LogP contribution in [0.5, 0.6) is 0 Å². The smallest absolute Gasteiger partial charge is 0.192 e. The maximum absolute atomic E-state index is 5.26. The molecule has 2 N–H and O–H groups in total. The standard InChI is InChI=1S/C14H24N6.HI/c1-6-8-16-14(15-7-2)17-10-13(19(3)4)12-9-18-20(5)11-12;/h1,9,11,13H,7-8,10H2,2-5H3,(H2,15,16,17);1H. The van der Waals surface area contributed by atoms with Crippen molar-refractivity contribution in [3.05, 3.63) is 18.0 Å². The third kappa shape index (κ3) is 6.82. The molecule has 0 spiro atoms. The van der Waals surface area contributed by atoms with Crippen molar-refractivity contribution < 1.29 is 0 Å². The van der Waals surface area contributed by atoms with Crippen molar-refractivity contribution in [2.75, 3.05) is 33.7 Å². The summed E-state index contributed by atoms with van der Waals surface area (Å²) in [5, 5.41) is 10.5. The van der Waals surface area contributed by atoms with E-state index in [9.17, 15) is 0 Å². The number of terminal acetylenes is 1. The molecule has 1 aromatic rings. The molecular formula is C14H25IN6. The number of aryl methyl sites for hydroxylation is 1. The molecule has 0 amide bonds. The minimum Gasteiger partial charge on any atom is -0.357 e. The summed E-state index contributed by atoms with van der Waals surface area (Å²) in [5.41, 5.74) is 1.15. The topological polar surface area (TPSA) is 57.5 Å². The third-order valence-electron chi connectivity index (χ3n) is 2.86. The van der Waals surface area contributed by atoms with Crippen molar-refractivity contribution in [3.8, 4) is 12.3 Å². The van der Waals surface area contributed by atoms with E-state index in [2.05, 4.69) is 31.5 Å². The molecule has 1 heterocycles. The summed E-state index contributed by atoms with van der Waals surface area (Å²) in [6.45, 7) is 3.93. The van der Waals surface area contributed by atoms with Crippen LogP contribution >= 0.6 is 24.0 Å². The number of halogens is 1. The first-order valence-electron chi connectivity index (χ1n) is 6.69. The number of guanidine groups is 1. The Morgan fingerprint density at radius 1 is 1.52 bits per heavy atom. The molecule has 1 aromatic heterocycles. The molecule has 1 atom stereocenters. The lowest BCUT2D eigenvalue weighted by Gasteiger charge is -2.22. The fourth-order valence-corrected chi connectivity index (χ4v) is 1.83. The van der Waals surface area contributed by atoms with E-state index in [-0.39, 0.29) is 30.0 Å². The second kappa shape index (κ2) is 10.5. The van der Waals surface area contributed by atoms with Gasteiger partial charge in [0.2, 0.25) is 0 Å². The van der Waals surface area contributed by atoms with Gasteiger partial charge in [-0.2, -0.15) is 5.10 Å². The van der Waals surface area contributed by atoms with Gasteiger partial charge in [0.15, 0.2) is 5.96 Å². The minimum atomic E-state index is 0. The van der Waals surface area contributed by atoms with E-state index in [1.54, 1.807) is 4.68 Å². The molecule has 0 aliphatic heterocycles. The van der Waals surface area contributed by atoms with E-state index < -0.39 is 0 Å². The minimum absolute atomic E-state index is 0. The molecule has 0 saturated carbocycles. The van der Waals surface area contributed by atoms with Gasteiger partial charge >= 0.3 is 0 Å². The van der Waals surface area contributed by atoms with E-state index in [4.69, 9.17) is 6.42 Å². The summed E-state index contributed by atoms with van der Waals surface area (Å²) in [6.07, 6.45) is 9.15. The zero-order valence-corrected chi connectivity index (χ0v) is 15.5. The zero-order valence-electron chi connectivity index (χ0n) is 13.1. The average Bonchev–Trinajstić information content (AvgIpc) is 2.82. The highest BCUT2D eigenvalue weighted by Crippen LogP contribution is 2.17. The molecule has 0 aliphatic carbocycles. The Bertz CT molecular complexity index is 474. The first-order valence-corrected chi connectivity index (χ1v) is 6.69. The van der Waals surface area contributed by atoms with Crippen molar-refractivity contribution in [1.29, 1.82) is 0 Å². The molecule has 118 valence electrons. The summed E-state index contributed by atoms with van der Waals surface area (Å²) in [6, 6.07) is 0.185. The molecule has 0 aromatic carbocycles. The number of nitrogens with zero attached hydrogens (tertiary/aromatic N) is 4. The first-order chi connectivity index (χ1) is 9.58. The van der Waals surface area contributed by atoms with Crippen molar-refractivity contribution in [2.45, 2.75) is 13.0 Å². The Kier molecular flexibility index (Phi) is 9.82. The lowest BCUT2D eigenvalue weighted by molar-refractivity contribution is 0.306. The molecule has 0 aliphatic rings. The van der Waals surface area contributed by atoms with E-state index in [1.165, 1.54) is 0 Å². The number of aromatic nitrogens is 2. The zero-order chi connectivity index (χ0) is 15.0. The van der Waals surface area contributed by atoms with Gasteiger partial charge in [-0.05, 0) is 21.0 Å². The van der Waals surface area contributed by atoms with Crippen LogP contribution < -0.4 is 10.6 Å². The van der Waals surface area contributed by atoms with E-state index >= 15 is 0 Å². The molecule has 0 saturated heterocycles. The highest BCUT2D eigenvalue weighted by atomic mass is 127. The van der Waals surface area contributed by atoms with E-state index in [0.29, 0.717) is 13.1 Å². The normalized spacial score (nSPS) is 12.5. The molecule has 0 radical (unpaired) electrons. The highest BCUT2D eigenvalue weighted by Gasteiger charge is 2.15. The van der Waals surface area contributed by atoms with Crippen LogP contribution in [-0.2, 0) is 7.05 Å². The Hall–Kier alpha value is -1.27. The predicted octanol–water partition coefficient (Wildman–Crippen LogP) is 0.829. The molecule has 1 unspecified atom stereocenters.